The van der Waals surface area contributed by atoms with Crippen molar-refractivity contribution in [3.63, 3.8) is 0 Å². The van der Waals surface area contributed by atoms with Crippen LogP contribution >= 0.6 is 11.8 Å². The zero-order valence-electron chi connectivity index (χ0n) is 12.1. The predicted molar refractivity (Wildman–Crippen MR) is 81.9 cm³/mol. The van der Waals surface area contributed by atoms with Crippen LogP contribution in [-0.4, -0.2) is 79.7 Å². The average Bonchev–Trinajstić information content (AvgIpc) is 2.48. The van der Waals surface area contributed by atoms with Gasteiger partial charge in [0.15, 0.2) is 5.96 Å². The molecular formula is C13H26N4OS. The molecule has 6 heteroatoms. The molecule has 2 aliphatic heterocycles. The van der Waals surface area contributed by atoms with Crippen molar-refractivity contribution in [1.29, 1.82) is 0 Å². The summed E-state index contributed by atoms with van der Waals surface area (Å²) in [5.41, 5.74) is 6.11. The number of nitrogens with zero attached hydrogens (tertiary/aromatic N) is 3. The van der Waals surface area contributed by atoms with Crippen LogP contribution in [0.15, 0.2) is 4.99 Å². The molecule has 2 N–H and O–H groups in total. The highest BCUT2D eigenvalue weighted by molar-refractivity contribution is 8.00. The number of ether oxygens (including phenoxy) is 1. The van der Waals surface area contributed by atoms with Gasteiger partial charge in [-0.1, -0.05) is 0 Å². The third kappa shape index (κ3) is 4.00. The molecule has 0 aliphatic carbocycles. The number of likely N-dealkylation sites (tertiary alicyclic amines) is 1. The molecule has 2 fully saturated rings. The third-order valence-electron chi connectivity index (χ3n) is 4.20. The summed E-state index contributed by atoms with van der Waals surface area (Å²) in [6.07, 6.45) is 4.60. The van der Waals surface area contributed by atoms with Gasteiger partial charge in [0, 0.05) is 17.8 Å². The topological polar surface area (TPSA) is 54.1 Å². The van der Waals surface area contributed by atoms with Crippen LogP contribution in [0.4, 0.5) is 0 Å². The molecule has 0 atom stereocenters. The van der Waals surface area contributed by atoms with Gasteiger partial charge >= 0.3 is 0 Å². The summed E-state index contributed by atoms with van der Waals surface area (Å²) in [6.45, 7) is 6.41. The maximum Gasteiger partial charge on any atom is 0.191 e. The van der Waals surface area contributed by atoms with Crippen molar-refractivity contribution in [2.45, 2.75) is 17.6 Å². The Balaban J connectivity index is 1.90. The van der Waals surface area contributed by atoms with Gasteiger partial charge in [0.05, 0.1) is 19.8 Å². The number of morpholine rings is 1. The van der Waals surface area contributed by atoms with Crippen LogP contribution < -0.4 is 5.73 Å². The van der Waals surface area contributed by atoms with Gasteiger partial charge in [0.25, 0.3) is 0 Å². The summed E-state index contributed by atoms with van der Waals surface area (Å²) in [6, 6.07) is 0. The Hall–Kier alpha value is -0.460. The molecule has 0 unspecified atom stereocenters. The highest BCUT2D eigenvalue weighted by Crippen LogP contribution is 2.34. The summed E-state index contributed by atoms with van der Waals surface area (Å²) in [4.78, 5) is 9.19. The highest BCUT2D eigenvalue weighted by Gasteiger charge is 2.32. The molecule has 2 heterocycles. The van der Waals surface area contributed by atoms with Crippen LogP contribution in [0.1, 0.15) is 12.8 Å². The lowest BCUT2D eigenvalue weighted by atomic mass is 9.96. The molecule has 0 aromatic rings. The van der Waals surface area contributed by atoms with Gasteiger partial charge in [-0.15, -0.1) is 0 Å². The first kappa shape index (κ1) is 14.9. The molecule has 2 aliphatic rings. The largest absolute Gasteiger partial charge is 0.378 e. The fourth-order valence-electron chi connectivity index (χ4n) is 2.57. The molecule has 2 rings (SSSR count). The number of guanidine groups is 1. The smallest absolute Gasteiger partial charge is 0.191 e. The first-order chi connectivity index (χ1) is 9.15. The van der Waals surface area contributed by atoms with Crippen LogP contribution in [0.5, 0.6) is 0 Å². The molecule has 0 bridgehead atoms. The van der Waals surface area contributed by atoms with Gasteiger partial charge in [0.2, 0.25) is 0 Å². The molecule has 0 amide bonds. The lowest BCUT2D eigenvalue weighted by Gasteiger charge is -2.38. The van der Waals surface area contributed by atoms with Gasteiger partial charge in [-0.25, -0.2) is 0 Å². The minimum Gasteiger partial charge on any atom is -0.378 e. The molecule has 5 nitrogen and oxygen atoms in total. The number of hydrogen-bond donors (Lipinski definition) is 1. The van der Waals surface area contributed by atoms with E-state index in [-0.39, 0.29) is 4.75 Å². The summed E-state index contributed by atoms with van der Waals surface area (Å²) >= 11 is 1.95. The lowest BCUT2D eigenvalue weighted by Crippen LogP contribution is -2.46. The zero-order valence-corrected chi connectivity index (χ0v) is 12.9. The number of thioether (sulfide) groups is 1. The zero-order chi connectivity index (χ0) is 13.7. The van der Waals surface area contributed by atoms with Crippen LogP contribution in [0.3, 0.4) is 0 Å². The minimum atomic E-state index is 0.281. The number of nitrogens with two attached hydrogens (primary N) is 1. The van der Waals surface area contributed by atoms with E-state index in [4.69, 9.17) is 10.5 Å². The highest BCUT2D eigenvalue weighted by atomic mass is 32.2. The lowest BCUT2D eigenvalue weighted by molar-refractivity contribution is 0.0673. The molecule has 0 radical (unpaired) electrons. The van der Waals surface area contributed by atoms with Crippen molar-refractivity contribution in [3.05, 3.63) is 0 Å². The van der Waals surface area contributed by atoms with Crippen LogP contribution in [-0.2, 0) is 4.74 Å². The Bertz CT molecular complexity index is 310. The van der Waals surface area contributed by atoms with Crippen molar-refractivity contribution in [1.82, 2.24) is 9.80 Å². The van der Waals surface area contributed by atoms with Crippen molar-refractivity contribution in [2.24, 2.45) is 10.7 Å². The fourth-order valence-corrected chi connectivity index (χ4v) is 3.35. The number of rotatable bonds is 3. The van der Waals surface area contributed by atoms with Crippen LogP contribution in [0.2, 0.25) is 0 Å². The first-order valence-corrected chi connectivity index (χ1v) is 8.24. The summed E-state index contributed by atoms with van der Waals surface area (Å²) in [5.74, 6) is 0.690. The van der Waals surface area contributed by atoms with Gasteiger partial charge in [-0.3, -0.25) is 4.99 Å². The Morgan fingerprint density at radius 2 is 1.89 bits per heavy atom. The molecule has 0 aromatic heterocycles. The average molecular weight is 286 g/mol. The normalized spacial score (nSPS) is 25.6. The number of hydrogen-bond acceptors (Lipinski definition) is 4. The van der Waals surface area contributed by atoms with E-state index in [2.05, 4.69) is 28.1 Å². The van der Waals surface area contributed by atoms with E-state index in [1.807, 2.05) is 11.8 Å². The Kier molecular flexibility index (Phi) is 5.36. The Morgan fingerprint density at radius 3 is 2.47 bits per heavy atom. The van der Waals surface area contributed by atoms with Crippen molar-refractivity contribution < 1.29 is 4.74 Å². The van der Waals surface area contributed by atoms with Gasteiger partial charge in [-0.05, 0) is 39.2 Å². The third-order valence-corrected chi connectivity index (χ3v) is 5.60. The molecule has 0 saturated carbocycles. The van der Waals surface area contributed by atoms with E-state index in [1.54, 1.807) is 0 Å². The van der Waals surface area contributed by atoms with E-state index in [0.29, 0.717) is 5.96 Å². The quantitative estimate of drug-likeness (QED) is 0.603. The Morgan fingerprint density at radius 1 is 1.26 bits per heavy atom. The van der Waals surface area contributed by atoms with E-state index in [0.717, 1.165) is 45.9 Å². The van der Waals surface area contributed by atoms with E-state index >= 15 is 0 Å². The van der Waals surface area contributed by atoms with Crippen molar-refractivity contribution >= 4 is 17.7 Å². The van der Waals surface area contributed by atoms with E-state index in [9.17, 15) is 0 Å². The molecule has 0 spiro atoms. The fraction of sp³-hybridized carbons (Fsp3) is 0.923. The number of aliphatic imine (C=N–C) groups is 1. The molecular weight excluding hydrogens is 260 g/mol. The summed E-state index contributed by atoms with van der Waals surface area (Å²) in [5, 5.41) is 0. The van der Waals surface area contributed by atoms with Crippen LogP contribution in [0.25, 0.3) is 0 Å². The summed E-state index contributed by atoms with van der Waals surface area (Å²) < 4.78 is 5.62. The predicted octanol–water partition coefficient (Wildman–Crippen LogP) is 0.461. The number of piperidine rings is 1. The second kappa shape index (κ2) is 6.81. The maximum atomic E-state index is 6.11. The van der Waals surface area contributed by atoms with Crippen LogP contribution in [0, 0.1) is 0 Å². The molecule has 0 aromatic carbocycles. The molecule has 19 heavy (non-hydrogen) atoms. The monoisotopic (exact) mass is 286 g/mol. The second-order valence-corrected chi connectivity index (χ2v) is 6.74. The van der Waals surface area contributed by atoms with Gasteiger partial charge in [0.1, 0.15) is 0 Å². The Labute approximate surface area is 120 Å². The van der Waals surface area contributed by atoms with Gasteiger partial charge in [-0.2, -0.15) is 11.8 Å². The van der Waals surface area contributed by atoms with Crippen molar-refractivity contribution in [2.75, 3.05) is 59.2 Å². The van der Waals surface area contributed by atoms with Crippen molar-refractivity contribution in [3.8, 4) is 0 Å². The molecule has 2 saturated heterocycles. The SMILES string of the molecule is CSC1(CN=C(N)N2CCOCC2)CCN(C)CC1. The summed E-state index contributed by atoms with van der Waals surface area (Å²) in [7, 11) is 2.19. The molecule has 110 valence electrons. The van der Waals surface area contributed by atoms with E-state index < -0.39 is 0 Å². The maximum absolute atomic E-state index is 6.11. The van der Waals surface area contributed by atoms with Gasteiger partial charge < -0.3 is 20.3 Å². The standard InChI is InChI=1S/C13H26N4OS/c1-16-5-3-13(19-2,4-6-16)11-15-12(14)17-7-9-18-10-8-17/h3-11H2,1-2H3,(H2,14,15). The second-order valence-electron chi connectivity index (χ2n) is 5.46. The first-order valence-electron chi connectivity index (χ1n) is 7.01. The van der Waals surface area contributed by atoms with E-state index in [1.165, 1.54) is 12.8 Å². The minimum absolute atomic E-state index is 0.281.